The lowest BCUT2D eigenvalue weighted by Crippen LogP contribution is -2.49. The van der Waals surface area contributed by atoms with Gasteiger partial charge in [-0.05, 0) is 29.7 Å². The highest BCUT2D eigenvalue weighted by Crippen LogP contribution is 2.03. The zero-order valence-electron chi connectivity index (χ0n) is 14.8. The fourth-order valence-corrected chi connectivity index (χ4v) is 2.46. The van der Waals surface area contributed by atoms with E-state index in [-0.39, 0.29) is 18.3 Å². The zero-order chi connectivity index (χ0) is 18.8. The third kappa shape index (κ3) is 6.55. The van der Waals surface area contributed by atoms with Gasteiger partial charge in [-0.2, -0.15) is 0 Å². The summed E-state index contributed by atoms with van der Waals surface area (Å²) in [7, 11) is 0. The van der Waals surface area contributed by atoms with Crippen LogP contribution in [0.15, 0.2) is 54.6 Å². The van der Waals surface area contributed by atoms with Crippen LogP contribution < -0.4 is 16.0 Å². The first-order valence-electron chi connectivity index (χ1n) is 8.69. The van der Waals surface area contributed by atoms with Crippen molar-refractivity contribution in [1.82, 2.24) is 16.0 Å². The summed E-state index contributed by atoms with van der Waals surface area (Å²) in [5, 5.41) is 8.23. The number of rotatable bonds is 8. The van der Waals surface area contributed by atoms with Crippen LogP contribution in [0.4, 0.5) is 9.18 Å². The number of urea groups is 1. The molecule has 2 rings (SSSR count). The lowest BCUT2D eigenvalue weighted by Gasteiger charge is -2.18. The number of halogens is 1. The van der Waals surface area contributed by atoms with Gasteiger partial charge in [0.05, 0.1) is 0 Å². The minimum atomic E-state index is -0.600. The molecule has 2 aromatic carbocycles. The second-order valence-electron chi connectivity index (χ2n) is 6.00. The van der Waals surface area contributed by atoms with Crippen molar-refractivity contribution in [3.05, 3.63) is 71.5 Å². The van der Waals surface area contributed by atoms with Crippen molar-refractivity contribution in [1.29, 1.82) is 0 Å². The van der Waals surface area contributed by atoms with E-state index in [0.717, 1.165) is 17.5 Å². The summed E-state index contributed by atoms with van der Waals surface area (Å²) in [4.78, 5) is 24.4. The number of carbonyl (C=O) groups excluding carboxylic acids is 2. The van der Waals surface area contributed by atoms with E-state index in [1.165, 1.54) is 12.1 Å². The Morgan fingerprint density at radius 2 is 1.54 bits per heavy atom. The Morgan fingerprint density at radius 3 is 2.19 bits per heavy atom. The van der Waals surface area contributed by atoms with E-state index in [9.17, 15) is 14.0 Å². The molecular formula is C20H24FN3O2. The van der Waals surface area contributed by atoms with Crippen molar-refractivity contribution in [2.75, 3.05) is 0 Å². The maximum absolute atomic E-state index is 12.9. The molecule has 0 spiro atoms. The van der Waals surface area contributed by atoms with E-state index in [0.29, 0.717) is 13.0 Å². The third-order valence-electron chi connectivity index (χ3n) is 3.88. The van der Waals surface area contributed by atoms with Gasteiger partial charge in [-0.1, -0.05) is 55.8 Å². The molecule has 6 heteroatoms. The van der Waals surface area contributed by atoms with E-state index < -0.39 is 12.1 Å². The normalized spacial score (nSPS) is 11.5. The maximum atomic E-state index is 12.9. The molecule has 0 unspecified atom stereocenters. The molecule has 2 aromatic rings. The molecule has 0 bridgehead atoms. The van der Waals surface area contributed by atoms with Gasteiger partial charge >= 0.3 is 6.03 Å². The van der Waals surface area contributed by atoms with Crippen LogP contribution in [-0.2, 0) is 17.9 Å². The predicted octanol–water partition coefficient (Wildman–Crippen LogP) is 3.11. The fraction of sp³-hybridized carbons (Fsp3) is 0.300. The van der Waals surface area contributed by atoms with Crippen LogP contribution >= 0.6 is 0 Å². The Kier molecular flexibility index (Phi) is 7.61. The van der Waals surface area contributed by atoms with Gasteiger partial charge < -0.3 is 16.0 Å². The summed E-state index contributed by atoms with van der Waals surface area (Å²) in [5.41, 5.74) is 1.78. The number of carbonyl (C=O) groups is 2. The van der Waals surface area contributed by atoms with Crippen molar-refractivity contribution in [2.45, 2.75) is 38.9 Å². The summed E-state index contributed by atoms with van der Waals surface area (Å²) >= 11 is 0. The Labute approximate surface area is 153 Å². The first kappa shape index (κ1) is 19.4. The molecule has 5 nitrogen and oxygen atoms in total. The summed E-state index contributed by atoms with van der Waals surface area (Å²) in [5.74, 6) is -0.538. The lowest BCUT2D eigenvalue weighted by atomic mass is 10.1. The Balaban J connectivity index is 1.82. The molecule has 0 aliphatic carbocycles. The minimum absolute atomic E-state index is 0.215. The van der Waals surface area contributed by atoms with Gasteiger partial charge in [0.15, 0.2) is 0 Å². The van der Waals surface area contributed by atoms with E-state index in [1.807, 2.05) is 37.3 Å². The highest BCUT2D eigenvalue weighted by atomic mass is 19.1. The fourth-order valence-electron chi connectivity index (χ4n) is 2.46. The smallest absolute Gasteiger partial charge is 0.315 e. The minimum Gasteiger partial charge on any atom is -0.350 e. The summed E-state index contributed by atoms with van der Waals surface area (Å²) in [6, 6.07) is 14.4. The summed E-state index contributed by atoms with van der Waals surface area (Å²) in [6.45, 7) is 2.63. The number of hydrogen-bond donors (Lipinski definition) is 3. The first-order chi connectivity index (χ1) is 12.6. The third-order valence-corrected chi connectivity index (χ3v) is 3.88. The van der Waals surface area contributed by atoms with Crippen LogP contribution in [0.2, 0.25) is 0 Å². The van der Waals surface area contributed by atoms with Crippen molar-refractivity contribution in [3.8, 4) is 0 Å². The predicted molar refractivity (Wildman–Crippen MR) is 98.8 cm³/mol. The highest BCUT2D eigenvalue weighted by Gasteiger charge is 2.19. The Hall–Kier alpha value is -2.89. The molecule has 0 radical (unpaired) electrons. The van der Waals surface area contributed by atoms with Crippen LogP contribution in [0.1, 0.15) is 30.9 Å². The largest absolute Gasteiger partial charge is 0.350 e. The molecule has 0 aliphatic rings. The molecule has 0 fully saturated rings. The number of benzene rings is 2. The molecule has 0 saturated carbocycles. The topological polar surface area (TPSA) is 70.2 Å². The van der Waals surface area contributed by atoms with Crippen molar-refractivity contribution < 1.29 is 14.0 Å². The average Bonchev–Trinajstić information content (AvgIpc) is 2.66. The van der Waals surface area contributed by atoms with Crippen molar-refractivity contribution in [2.24, 2.45) is 0 Å². The van der Waals surface area contributed by atoms with Gasteiger partial charge in [0, 0.05) is 13.1 Å². The quantitative estimate of drug-likeness (QED) is 0.679. The molecule has 0 saturated heterocycles. The standard InChI is InChI=1S/C20H24FN3O2/c1-2-6-18(19(25)22-13-15-7-4-3-5-8-15)24-20(26)23-14-16-9-11-17(21)12-10-16/h3-5,7-12,18H,2,6,13-14H2,1H3,(H,22,25)(H2,23,24,26)/t18-/m0/s1. The Morgan fingerprint density at radius 1 is 0.923 bits per heavy atom. The average molecular weight is 357 g/mol. The SMILES string of the molecule is CCC[C@H](NC(=O)NCc1ccc(F)cc1)C(=O)NCc1ccccc1. The monoisotopic (exact) mass is 357 g/mol. The maximum Gasteiger partial charge on any atom is 0.315 e. The molecule has 0 heterocycles. The summed E-state index contributed by atoms with van der Waals surface area (Å²) < 4.78 is 12.9. The molecule has 3 amide bonds. The van der Waals surface area contributed by atoms with Crippen LogP contribution in [0.25, 0.3) is 0 Å². The number of nitrogens with one attached hydrogen (secondary N) is 3. The summed E-state index contributed by atoms with van der Waals surface area (Å²) in [6.07, 6.45) is 1.31. The molecule has 0 aliphatic heterocycles. The van der Waals surface area contributed by atoms with Gasteiger partial charge in [0.1, 0.15) is 11.9 Å². The van der Waals surface area contributed by atoms with Gasteiger partial charge in [0.25, 0.3) is 0 Å². The van der Waals surface area contributed by atoms with E-state index in [4.69, 9.17) is 0 Å². The van der Waals surface area contributed by atoms with Gasteiger partial charge in [-0.3, -0.25) is 4.79 Å². The van der Waals surface area contributed by atoms with Crippen LogP contribution in [0.3, 0.4) is 0 Å². The van der Waals surface area contributed by atoms with Gasteiger partial charge in [-0.15, -0.1) is 0 Å². The van der Waals surface area contributed by atoms with E-state index in [1.54, 1.807) is 12.1 Å². The second kappa shape index (κ2) is 10.2. The molecular weight excluding hydrogens is 333 g/mol. The van der Waals surface area contributed by atoms with Crippen LogP contribution in [0.5, 0.6) is 0 Å². The van der Waals surface area contributed by atoms with E-state index >= 15 is 0 Å². The number of hydrogen-bond acceptors (Lipinski definition) is 2. The first-order valence-corrected chi connectivity index (χ1v) is 8.69. The van der Waals surface area contributed by atoms with Gasteiger partial charge in [-0.25, -0.2) is 9.18 Å². The zero-order valence-corrected chi connectivity index (χ0v) is 14.8. The van der Waals surface area contributed by atoms with Crippen LogP contribution in [-0.4, -0.2) is 18.0 Å². The molecule has 26 heavy (non-hydrogen) atoms. The van der Waals surface area contributed by atoms with Gasteiger partial charge in [0.2, 0.25) is 5.91 Å². The van der Waals surface area contributed by atoms with Crippen molar-refractivity contribution >= 4 is 11.9 Å². The molecule has 1 atom stereocenters. The molecule has 138 valence electrons. The van der Waals surface area contributed by atoms with Crippen LogP contribution in [0, 0.1) is 5.82 Å². The van der Waals surface area contributed by atoms with Crippen molar-refractivity contribution in [3.63, 3.8) is 0 Å². The molecule has 3 N–H and O–H groups in total. The second-order valence-corrected chi connectivity index (χ2v) is 6.00. The highest BCUT2D eigenvalue weighted by molar-refractivity contribution is 5.86. The lowest BCUT2D eigenvalue weighted by molar-refractivity contribution is -0.123. The Bertz CT molecular complexity index is 705. The number of amides is 3. The van der Waals surface area contributed by atoms with E-state index in [2.05, 4.69) is 16.0 Å². The molecule has 0 aromatic heterocycles.